The van der Waals surface area contributed by atoms with Crippen LogP contribution in [0.3, 0.4) is 0 Å². The van der Waals surface area contributed by atoms with Gasteiger partial charge in [-0.1, -0.05) is 24.3 Å². The van der Waals surface area contributed by atoms with Gasteiger partial charge in [0.25, 0.3) is 0 Å². The van der Waals surface area contributed by atoms with Crippen LogP contribution in [0.1, 0.15) is 36.8 Å². The molecule has 0 aromatic heterocycles. The molecule has 0 radical (unpaired) electrons. The molecule has 2 aliphatic rings. The third kappa shape index (κ3) is 3.81. The lowest BCUT2D eigenvalue weighted by molar-refractivity contribution is -0.135. The van der Waals surface area contributed by atoms with Crippen LogP contribution in [0.25, 0.3) is 0 Å². The van der Waals surface area contributed by atoms with E-state index in [1.807, 2.05) is 36.1 Å². The Morgan fingerprint density at radius 2 is 1.71 bits per heavy atom. The van der Waals surface area contributed by atoms with Gasteiger partial charge in [-0.15, -0.1) is 0 Å². The summed E-state index contributed by atoms with van der Waals surface area (Å²) in [6, 6.07) is 7.60. The van der Waals surface area contributed by atoms with Crippen molar-refractivity contribution in [3.8, 4) is 0 Å². The predicted molar refractivity (Wildman–Crippen MR) is 93.9 cm³/mol. The van der Waals surface area contributed by atoms with Crippen LogP contribution in [0.5, 0.6) is 0 Å². The van der Waals surface area contributed by atoms with Gasteiger partial charge in [0.2, 0.25) is 15.9 Å². The van der Waals surface area contributed by atoms with Gasteiger partial charge in [0.05, 0.1) is 5.75 Å². The molecule has 2 saturated heterocycles. The zero-order valence-corrected chi connectivity index (χ0v) is 15.1. The Kier molecular flexibility index (Phi) is 5.25. The highest BCUT2D eigenvalue weighted by Crippen LogP contribution is 2.25. The van der Waals surface area contributed by atoms with Crippen molar-refractivity contribution in [2.45, 2.75) is 38.4 Å². The molecule has 132 valence electrons. The zero-order valence-electron chi connectivity index (χ0n) is 14.3. The number of carbonyl (C=O) groups excluding carboxylic acids is 1. The second kappa shape index (κ2) is 7.23. The molecule has 0 aliphatic carbocycles. The first-order valence-corrected chi connectivity index (χ1v) is 10.4. The molecule has 5 nitrogen and oxygen atoms in total. The van der Waals surface area contributed by atoms with Gasteiger partial charge in [-0.2, -0.15) is 0 Å². The maximum absolute atomic E-state index is 12.7. The molecule has 1 aromatic carbocycles. The van der Waals surface area contributed by atoms with Crippen molar-refractivity contribution in [3.05, 3.63) is 35.4 Å². The number of hydrogen-bond acceptors (Lipinski definition) is 3. The molecule has 6 heteroatoms. The minimum atomic E-state index is -3.32. The maximum Gasteiger partial charge on any atom is 0.225 e. The highest BCUT2D eigenvalue weighted by atomic mass is 32.2. The Hall–Kier alpha value is -1.40. The van der Waals surface area contributed by atoms with Gasteiger partial charge in [-0.3, -0.25) is 4.79 Å². The summed E-state index contributed by atoms with van der Waals surface area (Å²) in [5.41, 5.74) is 1.85. The molecule has 0 saturated carbocycles. The van der Waals surface area contributed by atoms with Crippen LogP contribution in [0.15, 0.2) is 24.3 Å². The van der Waals surface area contributed by atoms with Crippen LogP contribution < -0.4 is 0 Å². The summed E-state index contributed by atoms with van der Waals surface area (Å²) in [5.74, 6) is 0.265. The van der Waals surface area contributed by atoms with E-state index in [4.69, 9.17) is 0 Å². The average Bonchev–Trinajstić information content (AvgIpc) is 3.11. The number of benzene rings is 1. The van der Waals surface area contributed by atoms with E-state index < -0.39 is 10.0 Å². The summed E-state index contributed by atoms with van der Waals surface area (Å²) in [7, 11) is -3.32. The van der Waals surface area contributed by atoms with E-state index in [2.05, 4.69) is 0 Å². The summed E-state index contributed by atoms with van der Waals surface area (Å²) >= 11 is 0. The highest BCUT2D eigenvalue weighted by molar-refractivity contribution is 7.88. The summed E-state index contributed by atoms with van der Waals surface area (Å²) in [5, 5.41) is 0. The van der Waals surface area contributed by atoms with Crippen molar-refractivity contribution in [1.82, 2.24) is 9.21 Å². The third-order valence-electron chi connectivity index (χ3n) is 5.21. The van der Waals surface area contributed by atoms with Crippen molar-refractivity contribution in [1.29, 1.82) is 0 Å². The molecule has 2 heterocycles. The molecule has 2 fully saturated rings. The normalized spacial score (nSPS) is 20.5. The van der Waals surface area contributed by atoms with Gasteiger partial charge in [-0.25, -0.2) is 12.7 Å². The second-order valence-corrected chi connectivity index (χ2v) is 8.86. The first-order chi connectivity index (χ1) is 11.5. The molecule has 1 amide bonds. The number of piperidine rings is 1. The minimum Gasteiger partial charge on any atom is -0.342 e. The topological polar surface area (TPSA) is 57.7 Å². The number of rotatable bonds is 4. The lowest BCUT2D eigenvalue weighted by Crippen LogP contribution is -2.44. The SMILES string of the molecule is Cc1ccccc1CS(=O)(=O)N1CCC(C(=O)N2CCCC2)CC1. The van der Waals surface area contributed by atoms with Crippen LogP contribution in [0, 0.1) is 12.8 Å². The molecule has 3 rings (SSSR count). The van der Waals surface area contributed by atoms with E-state index in [9.17, 15) is 13.2 Å². The zero-order chi connectivity index (χ0) is 17.2. The maximum atomic E-state index is 12.7. The summed E-state index contributed by atoms with van der Waals surface area (Å²) in [6.45, 7) is 4.58. The molecule has 1 aromatic rings. The van der Waals surface area contributed by atoms with Crippen molar-refractivity contribution in [2.24, 2.45) is 5.92 Å². The van der Waals surface area contributed by atoms with E-state index >= 15 is 0 Å². The second-order valence-electron chi connectivity index (χ2n) is 6.89. The number of aryl methyl sites for hydroxylation is 1. The Labute approximate surface area is 144 Å². The molecular formula is C18H26N2O3S. The van der Waals surface area contributed by atoms with Crippen LogP contribution in [-0.4, -0.2) is 49.7 Å². The first-order valence-electron chi connectivity index (χ1n) is 8.78. The molecule has 0 atom stereocenters. The summed E-state index contributed by atoms with van der Waals surface area (Å²) in [4.78, 5) is 14.4. The molecule has 2 aliphatic heterocycles. The van der Waals surface area contributed by atoms with Crippen molar-refractivity contribution < 1.29 is 13.2 Å². The molecule has 0 N–H and O–H groups in total. The summed E-state index contributed by atoms with van der Waals surface area (Å²) in [6.07, 6.45) is 3.47. The van der Waals surface area contributed by atoms with E-state index in [-0.39, 0.29) is 17.6 Å². The van der Waals surface area contributed by atoms with Crippen LogP contribution in [0.2, 0.25) is 0 Å². The molecule has 24 heavy (non-hydrogen) atoms. The van der Waals surface area contributed by atoms with Crippen molar-refractivity contribution >= 4 is 15.9 Å². The van der Waals surface area contributed by atoms with E-state index in [0.717, 1.165) is 37.1 Å². The van der Waals surface area contributed by atoms with Crippen LogP contribution >= 0.6 is 0 Å². The lowest BCUT2D eigenvalue weighted by atomic mass is 9.97. The largest absolute Gasteiger partial charge is 0.342 e. The van der Waals surface area contributed by atoms with Gasteiger partial charge in [0.15, 0.2) is 0 Å². The standard InChI is InChI=1S/C18H26N2O3S/c1-15-6-2-3-7-17(15)14-24(22,23)20-12-8-16(9-13-20)18(21)19-10-4-5-11-19/h2-3,6-7,16H,4-5,8-14H2,1H3. The molecular weight excluding hydrogens is 324 g/mol. The highest BCUT2D eigenvalue weighted by Gasteiger charge is 2.33. The fourth-order valence-corrected chi connectivity index (χ4v) is 5.30. The fraction of sp³-hybridized carbons (Fsp3) is 0.611. The predicted octanol–water partition coefficient (Wildman–Crippen LogP) is 2.16. The number of sulfonamides is 1. The monoisotopic (exact) mass is 350 g/mol. The number of hydrogen-bond donors (Lipinski definition) is 0. The average molecular weight is 350 g/mol. The quantitative estimate of drug-likeness (QED) is 0.836. The van der Waals surface area contributed by atoms with Gasteiger partial charge in [0, 0.05) is 32.1 Å². The van der Waals surface area contributed by atoms with Gasteiger partial charge < -0.3 is 4.90 Å². The Balaban J connectivity index is 1.59. The lowest BCUT2D eigenvalue weighted by Gasteiger charge is -2.32. The van der Waals surface area contributed by atoms with Crippen molar-refractivity contribution in [2.75, 3.05) is 26.2 Å². The van der Waals surface area contributed by atoms with Crippen molar-refractivity contribution in [3.63, 3.8) is 0 Å². The van der Waals surface area contributed by atoms with Crippen LogP contribution in [0.4, 0.5) is 0 Å². The molecule has 0 unspecified atom stereocenters. The Bertz CT molecular complexity index is 688. The smallest absolute Gasteiger partial charge is 0.225 e. The number of amides is 1. The van der Waals surface area contributed by atoms with Crippen LogP contribution in [-0.2, 0) is 20.6 Å². The van der Waals surface area contributed by atoms with Gasteiger partial charge in [0.1, 0.15) is 0 Å². The number of likely N-dealkylation sites (tertiary alicyclic amines) is 1. The first kappa shape index (κ1) is 17.4. The Morgan fingerprint density at radius 1 is 1.08 bits per heavy atom. The number of carbonyl (C=O) groups is 1. The molecule has 0 bridgehead atoms. The molecule has 0 spiro atoms. The van der Waals surface area contributed by atoms with E-state index in [0.29, 0.717) is 25.9 Å². The third-order valence-corrected chi connectivity index (χ3v) is 7.04. The Morgan fingerprint density at radius 3 is 2.33 bits per heavy atom. The fourth-order valence-electron chi connectivity index (χ4n) is 3.64. The summed E-state index contributed by atoms with van der Waals surface area (Å²) < 4.78 is 26.9. The van der Waals surface area contributed by atoms with Gasteiger partial charge >= 0.3 is 0 Å². The van der Waals surface area contributed by atoms with Gasteiger partial charge in [-0.05, 0) is 43.7 Å². The number of nitrogens with zero attached hydrogens (tertiary/aromatic N) is 2. The minimum absolute atomic E-state index is 0.00647. The van der Waals surface area contributed by atoms with E-state index in [1.165, 1.54) is 0 Å². The van der Waals surface area contributed by atoms with E-state index in [1.54, 1.807) is 4.31 Å².